The van der Waals surface area contributed by atoms with E-state index >= 15 is 0 Å². The molecule has 0 bridgehead atoms. The zero-order valence-electron chi connectivity index (χ0n) is 23.2. The summed E-state index contributed by atoms with van der Waals surface area (Å²) in [5, 5.41) is 27.5. The smallest absolute Gasteiger partial charge is 0.165 e. The number of fused-ring (bicyclic) bond motifs is 1. The van der Waals surface area contributed by atoms with Crippen molar-refractivity contribution in [3.63, 3.8) is 0 Å². The molecule has 0 saturated carbocycles. The molecular formula is C33H33Cl2N5O2. The minimum absolute atomic E-state index is 0.0664. The molecule has 5 aromatic rings. The Morgan fingerprint density at radius 3 is 2.24 bits per heavy atom. The average molecular weight is 603 g/mol. The monoisotopic (exact) mass is 601 g/mol. The summed E-state index contributed by atoms with van der Waals surface area (Å²) in [5.74, 6) is 0.655. The average Bonchev–Trinajstić information content (AvgIpc) is 3.64. The van der Waals surface area contributed by atoms with Crippen molar-refractivity contribution in [2.75, 3.05) is 26.3 Å². The van der Waals surface area contributed by atoms with Crippen molar-refractivity contribution >= 4 is 28.8 Å². The summed E-state index contributed by atoms with van der Waals surface area (Å²) in [5.41, 5.74) is 7.47. The summed E-state index contributed by atoms with van der Waals surface area (Å²) in [4.78, 5) is 6.97. The van der Waals surface area contributed by atoms with E-state index in [0.717, 1.165) is 65.0 Å². The van der Waals surface area contributed by atoms with Crippen molar-refractivity contribution in [3.05, 3.63) is 100 Å². The fraction of sp³-hybridized carbons (Fsp3) is 0.273. The van der Waals surface area contributed by atoms with E-state index in [1.807, 2.05) is 54.7 Å². The van der Waals surface area contributed by atoms with Crippen LogP contribution in [0.5, 0.6) is 0 Å². The van der Waals surface area contributed by atoms with Crippen LogP contribution >= 0.6 is 23.2 Å². The summed E-state index contributed by atoms with van der Waals surface area (Å²) < 4.78 is 1.74. The van der Waals surface area contributed by atoms with Crippen LogP contribution in [-0.4, -0.2) is 62.1 Å². The molecule has 0 aliphatic carbocycles. The molecule has 216 valence electrons. The third-order valence-corrected chi connectivity index (χ3v) is 8.73. The summed E-state index contributed by atoms with van der Waals surface area (Å²) in [6, 6.07) is 24.8. The molecule has 0 spiro atoms. The fourth-order valence-corrected chi connectivity index (χ4v) is 6.38. The predicted octanol–water partition coefficient (Wildman–Crippen LogP) is 6.08. The van der Waals surface area contributed by atoms with Crippen molar-refractivity contribution < 1.29 is 10.2 Å². The molecule has 3 N–H and O–H groups in total. The van der Waals surface area contributed by atoms with Gasteiger partial charge >= 0.3 is 0 Å². The lowest BCUT2D eigenvalue weighted by Gasteiger charge is -2.22. The number of pyridine rings is 1. The van der Waals surface area contributed by atoms with Gasteiger partial charge in [-0.3, -0.25) is 4.90 Å². The number of nitrogens with zero attached hydrogens (tertiary/aromatic N) is 4. The molecule has 0 unspecified atom stereocenters. The lowest BCUT2D eigenvalue weighted by atomic mass is 9.95. The van der Waals surface area contributed by atoms with E-state index < -0.39 is 0 Å². The highest BCUT2D eigenvalue weighted by molar-refractivity contribution is 6.39. The molecule has 6 rings (SSSR count). The Hall–Kier alpha value is -3.30. The molecule has 3 heterocycles. The molecule has 7 nitrogen and oxygen atoms in total. The van der Waals surface area contributed by atoms with E-state index in [4.69, 9.17) is 28.3 Å². The van der Waals surface area contributed by atoms with Crippen LogP contribution in [0.3, 0.4) is 0 Å². The molecule has 1 atom stereocenters. The number of likely N-dealkylation sites (tertiary alicyclic amines) is 1. The number of benzene rings is 3. The van der Waals surface area contributed by atoms with E-state index in [1.54, 1.807) is 4.52 Å². The largest absolute Gasteiger partial charge is 0.395 e. The van der Waals surface area contributed by atoms with Crippen LogP contribution in [-0.2, 0) is 13.1 Å². The minimum Gasteiger partial charge on any atom is -0.395 e. The molecule has 0 radical (unpaired) electrons. The highest BCUT2D eigenvalue weighted by Gasteiger charge is 2.23. The summed E-state index contributed by atoms with van der Waals surface area (Å²) >= 11 is 14.1. The van der Waals surface area contributed by atoms with Gasteiger partial charge in [0.15, 0.2) is 11.5 Å². The van der Waals surface area contributed by atoms with Gasteiger partial charge in [0.1, 0.15) is 0 Å². The van der Waals surface area contributed by atoms with Crippen LogP contribution in [0, 0.1) is 0 Å². The van der Waals surface area contributed by atoms with Crippen LogP contribution in [0.4, 0.5) is 0 Å². The number of hydrogen-bond acceptors (Lipinski definition) is 6. The van der Waals surface area contributed by atoms with Crippen LogP contribution < -0.4 is 5.32 Å². The fourth-order valence-electron chi connectivity index (χ4n) is 5.71. The molecule has 42 heavy (non-hydrogen) atoms. The van der Waals surface area contributed by atoms with Gasteiger partial charge in [0.2, 0.25) is 0 Å². The molecule has 1 aliphatic heterocycles. The zero-order valence-corrected chi connectivity index (χ0v) is 24.7. The standard InChI is InChI=1S/C33H33Cl2N5O2/c34-32-26(23-11-9-22(10-12-23)20-39-15-3-4-25(39)21-42)5-1-7-28(32)29-8-2-6-27(33(29)35)24-13-16-40-31(18-24)37-30(38-40)19-36-14-17-41/h1-2,5-13,16,18,25,36,41-42H,3-4,14-15,17,19-21H2/t25-/m1/s1. The zero-order chi connectivity index (χ0) is 29.1. The highest BCUT2D eigenvalue weighted by Crippen LogP contribution is 2.42. The summed E-state index contributed by atoms with van der Waals surface area (Å²) in [7, 11) is 0. The quantitative estimate of drug-likeness (QED) is 0.168. The first-order valence-electron chi connectivity index (χ1n) is 14.2. The Balaban J connectivity index is 1.27. The van der Waals surface area contributed by atoms with Gasteiger partial charge in [-0.2, -0.15) is 0 Å². The predicted molar refractivity (Wildman–Crippen MR) is 169 cm³/mol. The Morgan fingerprint density at radius 2 is 1.55 bits per heavy atom. The van der Waals surface area contributed by atoms with Gasteiger partial charge in [0, 0.05) is 47.6 Å². The first kappa shape index (κ1) is 28.8. The molecular weight excluding hydrogens is 569 g/mol. The Labute approximate surface area is 255 Å². The number of aliphatic hydroxyl groups is 2. The molecule has 2 aromatic heterocycles. The van der Waals surface area contributed by atoms with Gasteiger partial charge in [0.25, 0.3) is 0 Å². The molecule has 1 saturated heterocycles. The Morgan fingerprint density at radius 1 is 0.857 bits per heavy atom. The van der Waals surface area contributed by atoms with E-state index in [0.29, 0.717) is 29.0 Å². The van der Waals surface area contributed by atoms with Gasteiger partial charge in [-0.25, -0.2) is 9.50 Å². The van der Waals surface area contributed by atoms with Gasteiger partial charge in [-0.05, 0) is 48.2 Å². The van der Waals surface area contributed by atoms with Crippen molar-refractivity contribution in [3.8, 4) is 33.4 Å². The lowest BCUT2D eigenvalue weighted by Crippen LogP contribution is -2.31. The molecule has 3 aromatic carbocycles. The summed E-state index contributed by atoms with van der Waals surface area (Å²) in [6.45, 7) is 3.11. The van der Waals surface area contributed by atoms with E-state index in [1.165, 1.54) is 5.56 Å². The van der Waals surface area contributed by atoms with E-state index in [-0.39, 0.29) is 19.3 Å². The number of aliphatic hydroxyl groups excluding tert-OH is 2. The SMILES string of the molecule is OCCNCc1nc2cc(-c3cccc(-c4cccc(-c5ccc(CN6CCC[C@@H]6CO)cc5)c4Cl)c3Cl)ccn2n1. The lowest BCUT2D eigenvalue weighted by molar-refractivity contribution is 0.153. The maximum atomic E-state index is 9.65. The van der Waals surface area contributed by atoms with Crippen molar-refractivity contribution in [2.45, 2.75) is 32.0 Å². The van der Waals surface area contributed by atoms with Crippen LogP contribution in [0.15, 0.2) is 79.0 Å². The minimum atomic E-state index is 0.0664. The number of aromatic nitrogens is 3. The summed E-state index contributed by atoms with van der Waals surface area (Å²) in [6.07, 6.45) is 4.07. The maximum absolute atomic E-state index is 9.65. The normalized spacial score (nSPS) is 15.6. The van der Waals surface area contributed by atoms with E-state index in [2.05, 4.69) is 44.6 Å². The van der Waals surface area contributed by atoms with Gasteiger partial charge in [-0.15, -0.1) is 5.10 Å². The molecule has 9 heteroatoms. The molecule has 1 fully saturated rings. The van der Waals surface area contributed by atoms with E-state index in [9.17, 15) is 5.11 Å². The second kappa shape index (κ2) is 12.9. The second-order valence-electron chi connectivity index (χ2n) is 10.6. The first-order valence-corrected chi connectivity index (χ1v) is 15.0. The second-order valence-corrected chi connectivity index (χ2v) is 11.4. The van der Waals surface area contributed by atoms with Gasteiger partial charge in [-0.1, -0.05) is 83.9 Å². The van der Waals surface area contributed by atoms with Crippen molar-refractivity contribution in [1.82, 2.24) is 24.8 Å². The van der Waals surface area contributed by atoms with Crippen molar-refractivity contribution in [1.29, 1.82) is 0 Å². The van der Waals surface area contributed by atoms with Crippen LogP contribution in [0.25, 0.3) is 39.0 Å². The van der Waals surface area contributed by atoms with Gasteiger partial charge < -0.3 is 15.5 Å². The Bertz CT molecular complexity index is 1690. The van der Waals surface area contributed by atoms with Crippen molar-refractivity contribution in [2.24, 2.45) is 0 Å². The van der Waals surface area contributed by atoms with Crippen LogP contribution in [0.2, 0.25) is 10.0 Å². The number of hydrogen-bond donors (Lipinski definition) is 3. The third-order valence-electron chi connectivity index (χ3n) is 7.91. The first-order chi connectivity index (χ1) is 20.6. The Kier molecular flexibility index (Phi) is 8.86. The molecule has 0 amide bonds. The third kappa shape index (κ3) is 5.95. The number of rotatable bonds is 10. The molecule has 1 aliphatic rings. The van der Waals surface area contributed by atoms with Crippen LogP contribution in [0.1, 0.15) is 24.2 Å². The van der Waals surface area contributed by atoms with Gasteiger partial charge in [0.05, 0.1) is 29.8 Å². The number of nitrogens with one attached hydrogen (secondary N) is 1. The number of halogens is 2. The topological polar surface area (TPSA) is 85.9 Å². The maximum Gasteiger partial charge on any atom is 0.165 e. The highest BCUT2D eigenvalue weighted by atomic mass is 35.5.